The standard InChI is InChI=1S/C24H27FN2O/c1-15-4-10-20-19(12-15)23-21-11-9-18(26(21)3)13-22(23)27(20)14-24(2,28)16-5-7-17(25)8-6-16/h4-8,10,12,18,21,28H,9,11,13-14H2,1-3H3. The lowest BCUT2D eigenvalue weighted by molar-refractivity contribution is 0.0381. The number of hydrogen-bond acceptors (Lipinski definition) is 2. The number of likely N-dealkylation sites (N-methyl/N-ethyl adjacent to an activating group) is 1. The molecule has 1 aromatic heterocycles. The van der Waals surface area contributed by atoms with E-state index in [1.54, 1.807) is 12.1 Å². The fourth-order valence-electron chi connectivity index (χ4n) is 5.36. The molecule has 1 N–H and O–H groups in total. The number of fused-ring (bicyclic) bond motifs is 6. The SMILES string of the molecule is Cc1ccc2c(c1)c1c(n2CC(C)(O)c2ccc(F)cc2)CC2CCC1N2C. The van der Waals surface area contributed by atoms with Crippen LogP contribution in [-0.2, 0) is 18.6 Å². The van der Waals surface area contributed by atoms with Crippen molar-refractivity contribution < 1.29 is 9.50 Å². The molecule has 3 heterocycles. The molecule has 3 nitrogen and oxygen atoms in total. The quantitative estimate of drug-likeness (QED) is 0.716. The first-order valence-corrected chi connectivity index (χ1v) is 10.2. The van der Waals surface area contributed by atoms with Crippen LogP contribution in [0.15, 0.2) is 42.5 Å². The number of nitrogens with zero attached hydrogens (tertiary/aromatic N) is 2. The van der Waals surface area contributed by atoms with Gasteiger partial charge in [0.2, 0.25) is 0 Å². The molecule has 28 heavy (non-hydrogen) atoms. The predicted octanol–water partition coefficient (Wildman–Crippen LogP) is 4.69. The van der Waals surface area contributed by atoms with Crippen molar-refractivity contribution in [3.05, 3.63) is 70.7 Å². The van der Waals surface area contributed by atoms with E-state index in [2.05, 4.69) is 41.6 Å². The summed E-state index contributed by atoms with van der Waals surface area (Å²) in [4.78, 5) is 2.53. The first-order chi connectivity index (χ1) is 13.3. The highest BCUT2D eigenvalue weighted by atomic mass is 19.1. The molecule has 2 aliphatic heterocycles. The molecule has 0 amide bonds. The van der Waals surface area contributed by atoms with E-state index in [9.17, 15) is 9.50 Å². The van der Waals surface area contributed by atoms with Crippen molar-refractivity contribution in [3.63, 3.8) is 0 Å². The Morgan fingerprint density at radius 3 is 2.64 bits per heavy atom. The molecular weight excluding hydrogens is 351 g/mol. The van der Waals surface area contributed by atoms with E-state index in [-0.39, 0.29) is 5.82 Å². The summed E-state index contributed by atoms with van der Waals surface area (Å²) in [6.07, 6.45) is 3.46. The van der Waals surface area contributed by atoms with Crippen LogP contribution in [-0.4, -0.2) is 27.7 Å². The Morgan fingerprint density at radius 1 is 1.14 bits per heavy atom. The Labute approximate surface area is 165 Å². The summed E-state index contributed by atoms with van der Waals surface area (Å²) < 4.78 is 15.7. The Kier molecular flexibility index (Phi) is 3.94. The molecule has 0 aliphatic carbocycles. The van der Waals surface area contributed by atoms with Crippen molar-refractivity contribution >= 4 is 10.9 Å². The number of aliphatic hydroxyl groups is 1. The van der Waals surface area contributed by atoms with Crippen molar-refractivity contribution in [2.75, 3.05) is 7.05 Å². The van der Waals surface area contributed by atoms with Crippen LogP contribution in [0.2, 0.25) is 0 Å². The van der Waals surface area contributed by atoms with Crippen LogP contribution in [0.5, 0.6) is 0 Å². The zero-order valence-electron chi connectivity index (χ0n) is 16.7. The molecule has 0 radical (unpaired) electrons. The van der Waals surface area contributed by atoms with Gasteiger partial charge in [-0.25, -0.2) is 4.39 Å². The van der Waals surface area contributed by atoms with Gasteiger partial charge in [0.05, 0.1) is 6.54 Å². The number of halogens is 1. The Hall–Kier alpha value is -2.17. The lowest BCUT2D eigenvalue weighted by Crippen LogP contribution is -2.36. The van der Waals surface area contributed by atoms with Gasteiger partial charge in [-0.05, 0) is 69.1 Å². The van der Waals surface area contributed by atoms with E-state index in [4.69, 9.17) is 0 Å². The van der Waals surface area contributed by atoms with Crippen molar-refractivity contribution in [1.29, 1.82) is 0 Å². The maximum absolute atomic E-state index is 13.4. The molecule has 0 saturated carbocycles. The van der Waals surface area contributed by atoms with Crippen LogP contribution < -0.4 is 0 Å². The fraction of sp³-hybridized carbons (Fsp3) is 0.417. The van der Waals surface area contributed by atoms with Gasteiger partial charge in [-0.2, -0.15) is 0 Å². The van der Waals surface area contributed by atoms with Crippen LogP contribution >= 0.6 is 0 Å². The Bertz CT molecular complexity index is 1050. The van der Waals surface area contributed by atoms with E-state index in [0.29, 0.717) is 18.6 Å². The van der Waals surface area contributed by atoms with Crippen molar-refractivity contribution in [2.24, 2.45) is 0 Å². The van der Waals surface area contributed by atoms with Gasteiger partial charge < -0.3 is 9.67 Å². The smallest absolute Gasteiger partial charge is 0.123 e. The molecular formula is C24H27FN2O. The third-order valence-corrected chi connectivity index (χ3v) is 6.90. The lowest BCUT2D eigenvalue weighted by Gasteiger charge is -2.33. The minimum atomic E-state index is -1.07. The summed E-state index contributed by atoms with van der Waals surface area (Å²) in [6, 6.07) is 13.9. The van der Waals surface area contributed by atoms with E-state index in [1.165, 1.54) is 52.7 Å². The highest BCUT2D eigenvalue weighted by Crippen LogP contribution is 2.47. The average Bonchev–Trinajstić information content (AvgIpc) is 3.06. The molecule has 2 aliphatic rings. The lowest BCUT2D eigenvalue weighted by atomic mass is 9.95. The molecule has 3 atom stereocenters. The van der Waals surface area contributed by atoms with Crippen molar-refractivity contribution in [1.82, 2.24) is 9.47 Å². The highest BCUT2D eigenvalue weighted by Gasteiger charge is 2.41. The number of hydrogen-bond donors (Lipinski definition) is 1. The van der Waals surface area contributed by atoms with Gasteiger partial charge in [0.1, 0.15) is 11.4 Å². The number of aryl methyl sites for hydroxylation is 1. The largest absolute Gasteiger partial charge is 0.384 e. The first kappa shape index (κ1) is 17.9. The predicted molar refractivity (Wildman–Crippen MR) is 110 cm³/mol. The maximum atomic E-state index is 13.4. The molecule has 0 spiro atoms. The number of rotatable bonds is 3. The minimum Gasteiger partial charge on any atom is -0.384 e. The first-order valence-electron chi connectivity index (χ1n) is 10.2. The van der Waals surface area contributed by atoms with Gasteiger partial charge in [-0.1, -0.05) is 23.8 Å². The second-order valence-corrected chi connectivity index (χ2v) is 8.86. The molecule has 146 valence electrons. The van der Waals surface area contributed by atoms with Crippen LogP contribution in [0.3, 0.4) is 0 Å². The van der Waals surface area contributed by atoms with E-state index in [0.717, 1.165) is 12.0 Å². The molecule has 3 unspecified atom stereocenters. The van der Waals surface area contributed by atoms with Gasteiger partial charge in [0, 0.05) is 35.1 Å². The second kappa shape index (κ2) is 6.16. The third-order valence-electron chi connectivity index (χ3n) is 6.90. The second-order valence-electron chi connectivity index (χ2n) is 8.86. The maximum Gasteiger partial charge on any atom is 0.123 e. The normalized spacial score (nSPS) is 23.8. The fourth-order valence-corrected chi connectivity index (χ4v) is 5.36. The van der Waals surface area contributed by atoms with Crippen LogP contribution in [0.1, 0.15) is 48.2 Å². The highest BCUT2D eigenvalue weighted by molar-refractivity contribution is 5.87. The molecule has 1 saturated heterocycles. The Balaban J connectivity index is 1.66. The minimum absolute atomic E-state index is 0.279. The number of benzene rings is 2. The molecule has 1 fully saturated rings. The van der Waals surface area contributed by atoms with Gasteiger partial charge in [0.25, 0.3) is 0 Å². The molecule has 4 heteroatoms. The van der Waals surface area contributed by atoms with E-state index >= 15 is 0 Å². The molecule has 2 bridgehead atoms. The third kappa shape index (κ3) is 2.62. The van der Waals surface area contributed by atoms with Crippen LogP contribution in [0.4, 0.5) is 4.39 Å². The average molecular weight is 378 g/mol. The monoisotopic (exact) mass is 378 g/mol. The van der Waals surface area contributed by atoms with Gasteiger partial charge in [-0.15, -0.1) is 0 Å². The zero-order chi connectivity index (χ0) is 19.6. The summed E-state index contributed by atoms with van der Waals surface area (Å²) in [6.45, 7) is 4.44. The van der Waals surface area contributed by atoms with Crippen molar-refractivity contribution in [2.45, 2.75) is 57.3 Å². The van der Waals surface area contributed by atoms with Crippen LogP contribution in [0.25, 0.3) is 10.9 Å². The van der Waals surface area contributed by atoms with Crippen LogP contribution in [0, 0.1) is 12.7 Å². The molecule has 3 aromatic rings. The van der Waals surface area contributed by atoms with E-state index in [1.807, 2.05) is 6.92 Å². The number of aromatic nitrogens is 1. The van der Waals surface area contributed by atoms with Gasteiger partial charge in [-0.3, -0.25) is 4.90 Å². The summed E-state index contributed by atoms with van der Waals surface area (Å²) in [7, 11) is 2.25. The van der Waals surface area contributed by atoms with E-state index < -0.39 is 5.60 Å². The topological polar surface area (TPSA) is 28.4 Å². The van der Waals surface area contributed by atoms with Gasteiger partial charge in [0.15, 0.2) is 0 Å². The summed E-state index contributed by atoms with van der Waals surface area (Å²) in [5.41, 5.74) is 4.95. The Morgan fingerprint density at radius 2 is 1.89 bits per heavy atom. The summed E-state index contributed by atoms with van der Waals surface area (Å²) in [5, 5.41) is 12.6. The molecule has 2 aromatic carbocycles. The summed E-state index contributed by atoms with van der Waals surface area (Å²) >= 11 is 0. The molecule has 5 rings (SSSR count). The zero-order valence-corrected chi connectivity index (χ0v) is 16.7. The van der Waals surface area contributed by atoms with Crippen molar-refractivity contribution in [3.8, 4) is 0 Å². The van der Waals surface area contributed by atoms with Gasteiger partial charge >= 0.3 is 0 Å². The summed E-state index contributed by atoms with van der Waals surface area (Å²) in [5.74, 6) is -0.279.